The Balaban J connectivity index is 2.52. The van der Waals surface area contributed by atoms with Gasteiger partial charge < -0.3 is 9.88 Å². The van der Waals surface area contributed by atoms with Gasteiger partial charge in [0.15, 0.2) is 5.82 Å². The number of para-hydroxylation sites is 1. The van der Waals surface area contributed by atoms with Gasteiger partial charge in [-0.15, -0.1) is 11.6 Å². The zero-order chi connectivity index (χ0) is 14.9. The molecule has 1 amide bonds. The van der Waals surface area contributed by atoms with Gasteiger partial charge in [-0.05, 0) is 32.9 Å². The summed E-state index contributed by atoms with van der Waals surface area (Å²) in [6.07, 6.45) is 0. The van der Waals surface area contributed by atoms with Crippen molar-refractivity contribution < 1.29 is 9.18 Å². The molecule has 1 heterocycles. The molecule has 1 aromatic heterocycles. The van der Waals surface area contributed by atoms with Gasteiger partial charge in [0, 0.05) is 6.04 Å². The summed E-state index contributed by atoms with van der Waals surface area (Å²) < 4.78 is 15.5. The van der Waals surface area contributed by atoms with E-state index in [1.165, 1.54) is 6.07 Å². The summed E-state index contributed by atoms with van der Waals surface area (Å²) in [6.45, 7) is 5.53. The Morgan fingerprint density at radius 1 is 1.45 bits per heavy atom. The first-order valence-electron chi connectivity index (χ1n) is 6.47. The Morgan fingerprint density at radius 2 is 2.15 bits per heavy atom. The van der Waals surface area contributed by atoms with Gasteiger partial charge in [-0.2, -0.15) is 0 Å². The van der Waals surface area contributed by atoms with Crippen molar-refractivity contribution in [3.8, 4) is 0 Å². The second kappa shape index (κ2) is 5.79. The minimum absolute atomic E-state index is 0.0379. The van der Waals surface area contributed by atoms with Crippen LogP contribution in [-0.2, 0) is 10.7 Å². The van der Waals surface area contributed by atoms with Crippen LogP contribution in [0.3, 0.4) is 0 Å². The number of fused-ring (bicyclic) bond motifs is 1. The van der Waals surface area contributed by atoms with Crippen molar-refractivity contribution in [1.82, 2.24) is 14.9 Å². The number of carbonyl (C=O) groups is 1. The molecule has 6 heteroatoms. The van der Waals surface area contributed by atoms with E-state index in [-0.39, 0.29) is 23.3 Å². The number of aromatic nitrogens is 2. The minimum atomic E-state index is -0.502. The molecule has 0 aliphatic heterocycles. The maximum atomic E-state index is 13.8. The highest BCUT2D eigenvalue weighted by Crippen LogP contribution is 2.24. The first kappa shape index (κ1) is 14.8. The van der Waals surface area contributed by atoms with Gasteiger partial charge >= 0.3 is 0 Å². The highest BCUT2D eigenvalue weighted by Gasteiger charge is 2.22. The maximum absolute atomic E-state index is 13.8. The zero-order valence-electron chi connectivity index (χ0n) is 11.7. The lowest BCUT2D eigenvalue weighted by atomic mass is 10.2. The third-order valence-electron chi connectivity index (χ3n) is 3.06. The minimum Gasteiger partial charge on any atom is -0.352 e. The fourth-order valence-electron chi connectivity index (χ4n) is 2.18. The molecule has 0 radical (unpaired) electrons. The Kier molecular flexibility index (Phi) is 4.28. The largest absolute Gasteiger partial charge is 0.352 e. The Hall–Kier alpha value is -1.62. The number of nitrogens with one attached hydrogen (secondary N) is 1. The lowest BCUT2D eigenvalue weighted by molar-refractivity contribution is -0.124. The third-order valence-corrected chi connectivity index (χ3v) is 3.30. The number of hydrogen-bond acceptors (Lipinski definition) is 2. The molecule has 0 aliphatic carbocycles. The zero-order valence-corrected chi connectivity index (χ0v) is 12.4. The fourth-order valence-corrected chi connectivity index (χ4v) is 2.37. The summed E-state index contributed by atoms with van der Waals surface area (Å²) in [5, 5.41) is 2.84. The molecule has 1 aromatic carbocycles. The highest BCUT2D eigenvalue weighted by atomic mass is 35.5. The van der Waals surface area contributed by atoms with E-state index in [0.717, 1.165) is 0 Å². The number of amides is 1. The average Bonchev–Trinajstić information content (AvgIpc) is 2.77. The second-order valence-corrected chi connectivity index (χ2v) is 5.25. The standard InChI is InChI=1S/C14H17ClFN3O/c1-8(2)17-14(20)9(3)19-11-6-4-5-10(16)13(11)18-12(19)7-15/h4-6,8-9H,7H2,1-3H3,(H,17,20). The van der Waals surface area contributed by atoms with Crippen LogP contribution in [0.25, 0.3) is 11.0 Å². The van der Waals surface area contributed by atoms with Gasteiger partial charge in [-0.1, -0.05) is 6.07 Å². The molecule has 2 rings (SSSR count). The predicted octanol–water partition coefficient (Wildman–Crippen LogP) is 3.00. The summed E-state index contributed by atoms with van der Waals surface area (Å²) in [6, 6.07) is 4.21. The molecule has 0 fully saturated rings. The molecule has 1 N–H and O–H groups in total. The van der Waals surface area contributed by atoms with Crippen molar-refractivity contribution in [3.63, 3.8) is 0 Å². The van der Waals surface area contributed by atoms with Gasteiger partial charge in [0.2, 0.25) is 5.91 Å². The Labute approximate surface area is 121 Å². The van der Waals surface area contributed by atoms with E-state index in [4.69, 9.17) is 11.6 Å². The summed E-state index contributed by atoms with van der Waals surface area (Å²) in [7, 11) is 0. The van der Waals surface area contributed by atoms with Crippen LogP contribution in [0.1, 0.15) is 32.6 Å². The van der Waals surface area contributed by atoms with E-state index in [0.29, 0.717) is 11.3 Å². The van der Waals surface area contributed by atoms with Gasteiger partial charge in [0.25, 0.3) is 0 Å². The molecule has 108 valence electrons. The number of hydrogen-bond donors (Lipinski definition) is 1. The van der Waals surface area contributed by atoms with Crippen LogP contribution in [0, 0.1) is 5.82 Å². The topological polar surface area (TPSA) is 46.9 Å². The average molecular weight is 298 g/mol. The molecule has 0 aliphatic rings. The van der Waals surface area contributed by atoms with Gasteiger partial charge in [-0.25, -0.2) is 9.37 Å². The summed E-state index contributed by atoms with van der Waals surface area (Å²) >= 11 is 5.87. The van der Waals surface area contributed by atoms with E-state index in [2.05, 4.69) is 10.3 Å². The lowest BCUT2D eigenvalue weighted by Gasteiger charge is -2.18. The quantitative estimate of drug-likeness (QED) is 0.882. The highest BCUT2D eigenvalue weighted by molar-refractivity contribution is 6.17. The first-order chi connectivity index (χ1) is 9.45. The Morgan fingerprint density at radius 3 is 2.75 bits per heavy atom. The molecule has 0 saturated heterocycles. The third kappa shape index (κ3) is 2.63. The molecule has 2 aromatic rings. The van der Waals surface area contributed by atoms with Crippen molar-refractivity contribution in [2.45, 2.75) is 38.7 Å². The Bertz CT molecular complexity index is 639. The van der Waals surface area contributed by atoms with Crippen molar-refractivity contribution >= 4 is 28.5 Å². The number of benzene rings is 1. The van der Waals surface area contributed by atoms with Crippen LogP contribution < -0.4 is 5.32 Å². The molecule has 20 heavy (non-hydrogen) atoms. The van der Waals surface area contributed by atoms with Crippen molar-refractivity contribution in [3.05, 3.63) is 29.8 Å². The summed E-state index contributed by atoms with van der Waals surface area (Å²) in [4.78, 5) is 16.3. The number of halogens is 2. The number of imidazole rings is 1. The fraction of sp³-hybridized carbons (Fsp3) is 0.429. The number of alkyl halides is 1. The molecule has 1 atom stereocenters. The van der Waals surface area contributed by atoms with Crippen LogP contribution in [0.15, 0.2) is 18.2 Å². The van der Waals surface area contributed by atoms with E-state index in [9.17, 15) is 9.18 Å². The van der Waals surface area contributed by atoms with E-state index in [1.54, 1.807) is 23.6 Å². The lowest BCUT2D eigenvalue weighted by Crippen LogP contribution is -2.36. The molecule has 0 saturated carbocycles. The van der Waals surface area contributed by atoms with Gasteiger partial charge in [0.1, 0.15) is 17.4 Å². The van der Waals surface area contributed by atoms with Crippen LogP contribution >= 0.6 is 11.6 Å². The van der Waals surface area contributed by atoms with Crippen molar-refractivity contribution in [2.75, 3.05) is 0 Å². The molecule has 0 spiro atoms. The van der Waals surface area contributed by atoms with Crippen LogP contribution in [-0.4, -0.2) is 21.5 Å². The van der Waals surface area contributed by atoms with Crippen LogP contribution in [0.5, 0.6) is 0 Å². The van der Waals surface area contributed by atoms with Crippen molar-refractivity contribution in [1.29, 1.82) is 0 Å². The molecular weight excluding hydrogens is 281 g/mol. The van der Waals surface area contributed by atoms with E-state index < -0.39 is 11.9 Å². The maximum Gasteiger partial charge on any atom is 0.243 e. The molecular formula is C14H17ClFN3O. The smallest absolute Gasteiger partial charge is 0.243 e. The molecule has 1 unspecified atom stereocenters. The first-order valence-corrected chi connectivity index (χ1v) is 7.00. The number of carbonyl (C=O) groups excluding carboxylic acids is 1. The number of rotatable bonds is 4. The van der Waals surface area contributed by atoms with Crippen LogP contribution in [0.2, 0.25) is 0 Å². The second-order valence-electron chi connectivity index (χ2n) is 4.98. The SMILES string of the molecule is CC(C)NC(=O)C(C)n1c(CCl)nc2c(F)cccc21. The van der Waals surface area contributed by atoms with Gasteiger partial charge in [-0.3, -0.25) is 4.79 Å². The molecule has 4 nitrogen and oxygen atoms in total. The van der Waals surface area contributed by atoms with Crippen LogP contribution in [0.4, 0.5) is 4.39 Å². The summed E-state index contributed by atoms with van der Waals surface area (Å²) in [5.41, 5.74) is 0.819. The normalized spacial score (nSPS) is 12.9. The van der Waals surface area contributed by atoms with E-state index >= 15 is 0 Å². The predicted molar refractivity (Wildman–Crippen MR) is 77.2 cm³/mol. The number of nitrogens with zero attached hydrogens (tertiary/aromatic N) is 2. The summed E-state index contributed by atoms with van der Waals surface area (Å²) in [5.74, 6) is 0.0464. The van der Waals surface area contributed by atoms with E-state index in [1.807, 2.05) is 13.8 Å². The van der Waals surface area contributed by atoms with Crippen molar-refractivity contribution in [2.24, 2.45) is 0 Å². The molecule has 0 bridgehead atoms. The van der Waals surface area contributed by atoms with Gasteiger partial charge in [0.05, 0.1) is 11.4 Å². The monoisotopic (exact) mass is 297 g/mol.